The van der Waals surface area contributed by atoms with E-state index in [2.05, 4.69) is 26.3 Å². The molecule has 0 spiro atoms. The number of hydrogen-bond donors (Lipinski definition) is 1. The lowest BCUT2D eigenvalue weighted by molar-refractivity contribution is -0.134. The molecule has 2 aromatic rings. The second-order valence-electron chi connectivity index (χ2n) is 4.24. The predicted molar refractivity (Wildman–Crippen MR) is 68.0 cm³/mol. The summed E-state index contributed by atoms with van der Waals surface area (Å²) in [7, 11) is 0. The van der Waals surface area contributed by atoms with Crippen LogP contribution in [0.1, 0.15) is 24.5 Å². The van der Waals surface area contributed by atoms with Crippen LogP contribution < -0.4 is 5.32 Å². The van der Waals surface area contributed by atoms with E-state index in [0.29, 0.717) is 12.8 Å². The molecule has 0 aliphatic carbocycles. The first-order valence-electron chi connectivity index (χ1n) is 5.62. The van der Waals surface area contributed by atoms with E-state index >= 15 is 0 Å². The van der Waals surface area contributed by atoms with Crippen molar-refractivity contribution in [3.05, 3.63) is 34.6 Å². The van der Waals surface area contributed by atoms with Crippen molar-refractivity contribution in [1.82, 2.24) is 14.9 Å². The fourth-order valence-electron chi connectivity index (χ4n) is 2.24. The molecule has 0 bridgehead atoms. The molecule has 2 aromatic heterocycles. The highest BCUT2D eigenvalue weighted by Gasteiger charge is 2.29. The van der Waals surface area contributed by atoms with E-state index in [4.69, 9.17) is 0 Å². The number of nitrogens with zero attached hydrogens (tertiary/aromatic N) is 2. The van der Waals surface area contributed by atoms with Crippen LogP contribution in [0.25, 0.3) is 5.52 Å². The normalized spacial score (nSPS) is 20.2. The van der Waals surface area contributed by atoms with E-state index in [1.807, 2.05) is 18.2 Å². The molecule has 0 saturated carbocycles. The Labute approximate surface area is 111 Å². The summed E-state index contributed by atoms with van der Waals surface area (Å²) in [5.41, 5.74) is 1.72. The van der Waals surface area contributed by atoms with Crippen molar-refractivity contribution < 1.29 is 9.59 Å². The lowest BCUT2D eigenvalue weighted by atomic mass is 9.94. The van der Waals surface area contributed by atoms with Crippen molar-refractivity contribution in [2.45, 2.75) is 18.8 Å². The largest absolute Gasteiger partial charge is 0.296 e. The first kappa shape index (κ1) is 11.4. The molecule has 6 heteroatoms. The predicted octanol–water partition coefficient (Wildman–Crippen LogP) is 1.62. The van der Waals surface area contributed by atoms with Crippen LogP contribution in [0.4, 0.5) is 0 Å². The number of carbonyl (C=O) groups is 2. The summed E-state index contributed by atoms with van der Waals surface area (Å²) in [6.45, 7) is 0. The van der Waals surface area contributed by atoms with Gasteiger partial charge in [0.2, 0.25) is 11.8 Å². The maximum atomic E-state index is 11.9. The molecule has 92 valence electrons. The molecule has 1 saturated heterocycles. The third kappa shape index (κ3) is 1.73. The van der Waals surface area contributed by atoms with Crippen LogP contribution in [-0.4, -0.2) is 21.4 Å². The minimum absolute atomic E-state index is 0.204. The molecular weight excluding hydrogens is 298 g/mol. The van der Waals surface area contributed by atoms with Crippen LogP contribution in [0.3, 0.4) is 0 Å². The van der Waals surface area contributed by atoms with Crippen molar-refractivity contribution in [3.8, 4) is 0 Å². The quantitative estimate of drug-likeness (QED) is 0.814. The highest BCUT2D eigenvalue weighted by molar-refractivity contribution is 9.10. The first-order valence-corrected chi connectivity index (χ1v) is 6.42. The van der Waals surface area contributed by atoms with Gasteiger partial charge in [-0.1, -0.05) is 6.07 Å². The smallest absolute Gasteiger partial charge is 0.235 e. The number of aromatic nitrogens is 2. The summed E-state index contributed by atoms with van der Waals surface area (Å²) >= 11 is 3.41. The summed E-state index contributed by atoms with van der Waals surface area (Å²) in [5.74, 6) is -0.770. The van der Waals surface area contributed by atoms with Gasteiger partial charge in [0.05, 0.1) is 27.8 Å². The minimum atomic E-state index is -0.321. The van der Waals surface area contributed by atoms with Crippen LogP contribution >= 0.6 is 15.9 Å². The Morgan fingerprint density at radius 2 is 2.22 bits per heavy atom. The number of halogens is 1. The van der Waals surface area contributed by atoms with Crippen molar-refractivity contribution >= 4 is 33.3 Å². The molecule has 1 fully saturated rings. The van der Waals surface area contributed by atoms with Gasteiger partial charge in [-0.2, -0.15) is 5.10 Å². The number of pyridine rings is 1. The van der Waals surface area contributed by atoms with Gasteiger partial charge in [-0.05, 0) is 34.5 Å². The topological polar surface area (TPSA) is 63.5 Å². The average Bonchev–Trinajstić information content (AvgIpc) is 2.72. The second-order valence-corrected chi connectivity index (χ2v) is 5.10. The van der Waals surface area contributed by atoms with Gasteiger partial charge in [0.15, 0.2) is 0 Å². The summed E-state index contributed by atoms with van der Waals surface area (Å²) < 4.78 is 2.63. The molecule has 0 radical (unpaired) electrons. The van der Waals surface area contributed by atoms with E-state index in [-0.39, 0.29) is 17.7 Å². The van der Waals surface area contributed by atoms with Gasteiger partial charge >= 0.3 is 0 Å². The van der Waals surface area contributed by atoms with Crippen molar-refractivity contribution in [2.24, 2.45) is 0 Å². The first-order chi connectivity index (χ1) is 8.66. The van der Waals surface area contributed by atoms with E-state index in [9.17, 15) is 9.59 Å². The monoisotopic (exact) mass is 307 g/mol. The lowest BCUT2D eigenvalue weighted by Gasteiger charge is -2.21. The molecule has 1 N–H and O–H groups in total. The number of fused-ring (bicyclic) bond motifs is 1. The highest BCUT2D eigenvalue weighted by Crippen LogP contribution is 2.27. The van der Waals surface area contributed by atoms with Crippen LogP contribution in [0, 0.1) is 0 Å². The Balaban J connectivity index is 2.09. The maximum Gasteiger partial charge on any atom is 0.235 e. The van der Waals surface area contributed by atoms with Gasteiger partial charge in [-0.3, -0.25) is 14.9 Å². The highest BCUT2D eigenvalue weighted by atomic mass is 79.9. The number of carbonyl (C=O) groups excluding carboxylic acids is 2. The Morgan fingerprint density at radius 3 is 3.00 bits per heavy atom. The summed E-state index contributed by atoms with van der Waals surface area (Å²) in [5, 5.41) is 6.62. The van der Waals surface area contributed by atoms with Crippen LogP contribution in [-0.2, 0) is 9.59 Å². The molecule has 3 rings (SSSR count). The molecule has 5 nitrogen and oxygen atoms in total. The number of imide groups is 1. The molecule has 1 aliphatic rings. The van der Waals surface area contributed by atoms with E-state index in [0.717, 1.165) is 15.7 Å². The summed E-state index contributed by atoms with van der Waals surface area (Å²) in [6.07, 6.45) is 2.60. The minimum Gasteiger partial charge on any atom is -0.296 e. The van der Waals surface area contributed by atoms with Crippen molar-refractivity contribution in [3.63, 3.8) is 0 Å². The zero-order chi connectivity index (χ0) is 12.7. The Hall–Kier alpha value is -1.69. The average molecular weight is 308 g/mol. The molecule has 0 aromatic carbocycles. The zero-order valence-electron chi connectivity index (χ0n) is 9.39. The molecule has 18 heavy (non-hydrogen) atoms. The third-order valence-corrected chi connectivity index (χ3v) is 3.73. The number of hydrogen-bond acceptors (Lipinski definition) is 3. The Morgan fingerprint density at radius 1 is 1.39 bits per heavy atom. The third-order valence-electron chi connectivity index (χ3n) is 3.12. The molecule has 1 unspecified atom stereocenters. The SMILES string of the molecule is O=C1CCC(c2cccc3c(Br)cnn23)C(=O)N1. The zero-order valence-corrected chi connectivity index (χ0v) is 11.0. The van der Waals surface area contributed by atoms with Gasteiger partial charge in [-0.15, -0.1) is 0 Å². The van der Waals surface area contributed by atoms with Gasteiger partial charge in [0, 0.05) is 6.42 Å². The molecule has 3 heterocycles. The van der Waals surface area contributed by atoms with Gasteiger partial charge in [0.1, 0.15) is 0 Å². The Kier molecular flexibility index (Phi) is 2.66. The van der Waals surface area contributed by atoms with Crippen LogP contribution in [0.15, 0.2) is 28.9 Å². The number of nitrogens with one attached hydrogen (secondary N) is 1. The lowest BCUT2D eigenvalue weighted by Crippen LogP contribution is -2.40. The summed E-state index contributed by atoms with van der Waals surface area (Å²) in [4.78, 5) is 23.0. The number of piperidine rings is 1. The van der Waals surface area contributed by atoms with Crippen LogP contribution in [0.2, 0.25) is 0 Å². The molecule has 1 atom stereocenters. The van der Waals surface area contributed by atoms with Crippen molar-refractivity contribution in [1.29, 1.82) is 0 Å². The van der Waals surface area contributed by atoms with Crippen LogP contribution in [0.5, 0.6) is 0 Å². The second kappa shape index (κ2) is 4.20. The van der Waals surface area contributed by atoms with E-state index in [1.54, 1.807) is 10.7 Å². The molecule has 2 amide bonds. The molecular formula is C12H10BrN3O2. The number of rotatable bonds is 1. The molecule has 1 aliphatic heterocycles. The van der Waals surface area contributed by atoms with Gasteiger partial charge in [0.25, 0.3) is 0 Å². The summed E-state index contributed by atoms with van der Waals surface area (Å²) in [6, 6.07) is 5.68. The number of amides is 2. The Bertz CT molecular complexity index is 650. The fraction of sp³-hybridized carbons (Fsp3) is 0.250. The van der Waals surface area contributed by atoms with Gasteiger partial charge in [-0.25, -0.2) is 4.52 Å². The van der Waals surface area contributed by atoms with E-state index in [1.165, 1.54) is 0 Å². The standard InChI is InChI=1S/C12H10BrN3O2/c13-8-6-14-16-9(2-1-3-10(8)16)7-4-5-11(17)15-12(7)18/h1-3,6-7H,4-5H2,(H,15,17,18). The van der Waals surface area contributed by atoms with Crippen molar-refractivity contribution in [2.75, 3.05) is 0 Å². The van der Waals surface area contributed by atoms with Gasteiger partial charge < -0.3 is 0 Å². The maximum absolute atomic E-state index is 11.9. The van der Waals surface area contributed by atoms with E-state index < -0.39 is 0 Å². The fourth-order valence-corrected chi connectivity index (χ4v) is 2.63.